The fourth-order valence-corrected chi connectivity index (χ4v) is 4.18. The second kappa shape index (κ2) is 4.81. The summed E-state index contributed by atoms with van der Waals surface area (Å²) in [6, 6.07) is 6.95. The Kier molecular flexibility index (Phi) is 3.19. The van der Waals surface area contributed by atoms with Crippen LogP contribution < -0.4 is 0 Å². The summed E-state index contributed by atoms with van der Waals surface area (Å²) in [5, 5.41) is 1.55. The highest BCUT2D eigenvalue weighted by molar-refractivity contribution is 7.19. The van der Waals surface area contributed by atoms with E-state index in [0.717, 1.165) is 0 Å². The number of fused-ring (bicyclic) bond motifs is 3. The Morgan fingerprint density at radius 2 is 1.71 bits per heavy atom. The summed E-state index contributed by atoms with van der Waals surface area (Å²) in [5.41, 5.74) is 3.08. The zero-order chi connectivity index (χ0) is 11.7. The standard InChI is InChI=1S/C16H20S/c1-12-9-10-16-14(11-12)13-7-5-3-2-4-6-8-15(13)17-16/h9-11H,2-8H2,1H3. The van der Waals surface area contributed by atoms with Crippen LogP contribution in [0.2, 0.25) is 0 Å². The van der Waals surface area contributed by atoms with Crippen molar-refractivity contribution < 1.29 is 0 Å². The van der Waals surface area contributed by atoms with Crippen molar-refractivity contribution in [2.24, 2.45) is 0 Å². The summed E-state index contributed by atoms with van der Waals surface area (Å²) in [6.45, 7) is 2.21. The van der Waals surface area contributed by atoms with Crippen molar-refractivity contribution in [1.82, 2.24) is 0 Å². The van der Waals surface area contributed by atoms with Crippen molar-refractivity contribution in [2.45, 2.75) is 51.9 Å². The molecular formula is C16H20S. The quantitative estimate of drug-likeness (QED) is 0.593. The van der Waals surface area contributed by atoms with Crippen LogP contribution in [0.5, 0.6) is 0 Å². The topological polar surface area (TPSA) is 0 Å². The Labute approximate surface area is 108 Å². The van der Waals surface area contributed by atoms with E-state index in [1.54, 1.807) is 15.8 Å². The molecule has 1 aliphatic rings. The van der Waals surface area contributed by atoms with Crippen LogP contribution in [-0.2, 0) is 12.8 Å². The Morgan fingerprint density at radius 3 is 2.59 bits per heavy atom. The predicted octanol–water partition coefficient (Wildman–Crippen LogP) is 5.26. The minimum absolute atomic E-state index is 1.30. The number of aryl methyl sites for hydroxylation is 3. The molecule has 0 spiro atoms. The average Bonchev–Trinajstić information content (AvgIpc) is 2.69. The first-order chi connectivity index (χ1) is 8.34. The second-order valence-electron chi connectivity index (χ2n) is 5.27. The molecule has 0 nitrogen and oxygen atoms in total. The zero-order valence-electron chi connectivity index (χ0n) is 10.6. The zero-order valence-corrected chi connectivity index (χ0v) is 11.4. The highest BCUT2D eigenvalue weighted by Crippen LogP contribution is 2.35. The highest BCUT2D eigenvalue weighted by Gasteiger charge is 2.13. The molecule has 1 aromatic carbocycles. The van der Waals surface area contributed by atoms with E-state index in [4.69, 9.17) is 0 Å². The third-order valence-electron chi connectivity index (χ3n) is 3.86. The lowest BCUT2D eigenvalue weighted by molar-refractivity contribution is 0.630. The van der Waals surface area contributed by atoms with Gasteiger partial charge in [-0.05, 0) is 49.6 Å². The summed E-state index contributed by atoms with van der Waals surface area (Å²) in [4.78, 5) is 1.67. The molecule has 0 bridgehead atoms. The van der Waals surface area contributed by atoms with Crippen LogP contribution >= 0.6 is 11.3 Å². The van der Waals surface area contributed by atoms with Gasteiger partial charge >= 0.3 is 0 Å². The average molecular weight is 244 g/mol. The van der Waals surface area contributed by atoms with Gasteiger partial charge in [0.1, 0.15) is 0 Å². The maximum Gasteiger partial charge on any atom is 0.0348 e. The molecule has 0 fully saturated rings. The van der Waals surface area contributed by atoms with E-state index in [1.165, 1.54) is 55.2 Å². The first-order valence-electron chi connectivity index (χ1n) is 6.85. The van der Waals surface area contributed by atoms with Crippen LogP contribution in [-0.4, -0.2) is 0 Å². The molecule has 1 heterocycles. The van der Waals surface area contributed by atoms with Crippen molar-refractivity contribution in [3.05, 3.63) is 34.2 Å². The predicted molar refractivity (Wildman–Crippen MR) is 77.1 cm³/mol. The lowest BCUT2D eigenvalue weighted by Crippen LogP contribution is -1.88. The summed E-state index contributed by atoms with van der Waals surface area (Å²) in [6.07, 6.45) is 9.67. The Hall–Kier alpha value is -0.820. The monoisotopic (exact) mass is 244 g/mol. The van der Waals surface area contributed by atoms with Crippen molar-refractivity contribution >= 4 is 21.4 Å². The van der Waals surface area contributed by atoms with E-state index in [9.17, 15) is 0 Å². The molecule has 0 atom stereocenters. The molecule has 0 aliphatic heterocycles. The van der Waals surface area contributed by atoms with Gasteiger partial charge in [0.15, 0.2) is 0 Å². The number of benzene rings is 1. The Morgan fingerprint density at radius 1 is 0.941 bits per heavy atom. The molecular weight excluding hydrogens is 224 g/mol. The molecule has 2 aromatic rings. The fourth-order valence-electron chi connectivity index (χ4n) is 2.91. The van der Waals surface area contributed by atoms with Crippen molar-refractivity contribution in [3.63, 3.8) is 0 Å². The molecule has 0 saturated heterocycles. The van der Waals surface area contributed by atoms with E-state index in [0.29, 0.717) is 0 Å². The molecule has 1 aliphatic carbocycles. The third kappa shape index (κ3) is 2.26. The molecule has 1 heteroatoms. The maximum absolute atomic E-state index is 2.39. The lowest BCUT2D eigenvalue weighted by Gasteiger charge is -2.02. The Bertz CT molecular complexity index is 522. The molecule has 0 amide bonds. The molecule has 0 unspecified atom stereocenters. The van der Waals surface area contributed by atoms with E-state index in [-0.39, 0.29) is 0 Å². The number of thiophene rings is 1. The van der Waals surface area contributed by atoms with E-state index < -0.39 is 0 Å². The number of hydrogen-bond acceptors (Lipinski definition) is 1. The van der Waals surface area contributed by atoms with E-state index >= 15 is 0 Å². The SMILES string of the molecule is Cc1ccc2sc3c(c2c1)CCCCCCC3. The van der Waals surface area contributed by atoms with E-state index in [2.05, 4.69) is 25.1 Å². The summed E-state index contributed by atoms with van der Waals surface area (Å²) < 4.78 is 1.50. The largest absolute Gasteiger partial charge is 0.140 e. The van der Waals surface area contributed by atoms with Gasteiger partial charge < -0.3 is 0 Å². The van der Waals surface area contributed by atoms with Crippen LogP contribution in [0.3, 0.4) is 0 Å². The van der Waals surface area contributed by atoms with Gasteiger partial charge in [0, 0.05) is 9.58 Å². The molecule has 90 valence electrons. The van der Waals surface area contributed by atoms with Gasteiger partial charge in [-0.15, -0.1) is 11.3 Å². The normalized spacial score (nSPS) is 17.2. The maximum atomic E-state index is 2.39. The lowest BCUT2D eigenvalue weighted by atomic mass is 10.0. The fraction of sp³-hybridized carbons (Fsp3) is 0.500. The van der Waals surface area contributed by atoms with Gasteiger partial charge in [0.05, 0.1) is 0 Å². The number of hydrogen-bond donors (Lipinski definition) is 0. The van der Waals surface area contributed by atoms with Gasteiger partial charge in [-0.25, -0.2) is 0 Å². The van der Waals surface area contributed by atoms with E-state index in [1.807, 2.05) is 11.3 Å². The summed E-state index contributed by atoms with van der Waals surface area (Å²) in [5.74, 6) is 0. The van der Waals surface area contributed by atoms with Crippen molar-refractivity contribution in [2.75, 3.05) is 0 Å². The third-order valence-corrected chi connectivity index (χ3v) is 5.13. The summed E-state index contributed by atoms with van der Waals surface area (Å²) >= 11 is 2.04. The van der Waals surface area contributed by atoms with Crippen LogP contribution in [0.4, 0.5) is 0 Å². The number of rotatable bonds is 0. The molecule has 1 aromatic heterocycles. The molecule has 0 saturated carbocycles. The van der Waals surface area contributed by atoms with Crippen LogP contribution in [0.1, 0.15) is 48.1 Å². The smallest absolute Gasteiger partial charge is 0.0348 e. The van der Waals surface area contributed by atoms with Gasteiger partial charge in [0.2, 0.25) is 0 Å². The molecule has 0 radical (unpaired) electrons. The highest BCUT2D eigenvalue weighted by atomic mass is 32.1. The van der Waals surface area contributed by atoms with Gasteiger partial charge in [-0.2, -0.15) is 0 Å². The second-order valence-corrected chi connectivity index (χ2v) is 6.41. The minimum Gasteiger partial charge on any atom is -0.140 e. The van der Waals surface area contributed by atoms with Gasteiger partial charge in [-0.1, -0.05) is 37.0 Å². The molecule has 0 N–H and O–H groups in total. The first kappa shape index (κ1) is 11.3. The Balaban J connectivity index is 2.09. The van der Waals surface area contributed by atoms with Gasteiger partial charge in [-0.3, -0.25) is 0 Å². The summed E-state index contributed by atoms with van der Waals surface area (Å²) in [7, 11) is 0. The van der Waals surface area contributed by atoms with Crippen molar-refractivity contribution in [1.29, 1.82) is 0 Å². The van der Waals surface area contributed by atoms with Gasteiger partial charge in [0.25, 0.3) is 0 Å². The van der Waals surface area contributed by atoms with Crippen molar-refractivity contribution in [3.8, 4) is 0 Å². The van der Waals surface area contributed by atoms with Crippen LogP contribution in [0.15, 0.2) is 18.2 Å². The first-order valence-corrected chi connectivity index (χ1v) is 7.67. The molecule has 3 rings (SSSR count). The minimum atomic E-state index is 1.30. The molecule has 17 heavy (non-hydrogen) atoms. The van der Waals surface area contributed by atoms with Crippen LogP contribution in [0.25, 0.3) is 10.1 Å². The van der Waals surface area contributed by atoms with Crippen LogP contribution in [0, 0.1) is 6.92 Å².